The molecule has 0 spiro atoms. The molecule has 4 rings (SSSR count). The summed E-state index contributed by atoms with van der Waals surface area (Å²) in [6, 6.07) is 12.6. The van der Waals surface area contributed by atoms with Crippen LogP contribution in [-0.4, -0.2) is 20.9 Å². The summed E-state index contributed by atoms with van der Waals surface area (Å²) in [5, 5.41) is 8.84. The van der Waals surface area contributed by atoms with Crippen molar-refractivity contribution in [1.82, 2.24) is 15.0 Å². The smallest absolute Gasteiger partial charge is 0.313 e. The molecule has 2 aliphatic rings. The topological polar surface area (TPSA) is 83.4 Å². The number of carbonyl (C=O) groups excluding carboxylic acids is 1. The number of H-pyrrole nitrogens is 1. The van der Waals surface area contributed by atoms with E-state index < -0.39 is 5.91 Å². The maximum atomic E-state index is 12.1. The summed E-state index contributed by atoms with van der Waals surface area (Å²) in [5.74, 6) is -0.475. The van der Waals surface area contributed by atoms with E-state index >= 15 is 0 Å². The quantitative estimate of drug-likeness (QED) is 0.568. The van der Waals surface area contributed by atoms with E-state index in [1.807, 2.05) is 30.5 Å². The second-order valence-corrected chi connectivity index (χ2v) is 4.93. The highest BCUT2D eigenvalue weighted by molar-refractivity contribution is 6.09. The second-order valence-electron chi connectivity index (χ2n) is 4.93. The van der Waals surface area contributed by atoms with Crippen molar-refractivity contribution in [2.45, 2.75) is 0 Å². The molecule has 0 aromatic carbocycles. The molecule has 6 heteroatoms. The molecule has 23 heavy (non-hydrogen) atoms. The lowest BCUT2D eigenvalue weighted by atomic mass is 10.2. The Morgan fingerprint density at radius 2 is 1.91 bits per heavy atom. The number of amides is 1. The number of aromatic nitrogens is 3. The number of carbonyl (C=O) groups is 1. The van der Waals surface area contributed by atoms with Crippen molar-refractivity contribution in [2.75, 3.05) is 0 Å². The van der Waals surface area contributed by atoms with Crippen molar-refractivity contribution in [1.29, 1.82) is 0 Å². The third kappa shape index (κ3) is 2.26. The SMILES string of the molecule is O=C(N=Nc1c2ccc[nH]c-2c2ncccc12)c1ccccn1. The fourth-order valence-electron chi connectivity index (χ4n) is 2.51. The first-order chi connectivity index (χ1) is 11.3. The molecule has 2 aromatic heterocycles. The van der Waals surface area contributed by atoms with E-state index in [-0.39, 0.29) is 5.69 Å². The number of azo groups is 1. The van der Waals surface area contributed by atoms with Gasteiger partial charge in [0.1, 0.15) is 11.4 Å². The van der Waals surface area contributed by atoms with Gasteiger partial charge in [0.05, 0.1) is 11.2 Å². The molecule has 3 heterocycles. The van der Waals surface area contributed by atoms with Crippen LogP contribution in [0.15, 0.2) is 71.3 Å². The summed E-state index contributed by atoms with van der Waals surface area (Å²) in [7, 11) is 0. The lowest BCUT2D eigenvalue weighted by Gasteiger charge is -1.98. The Kier molecular flexibility index (Phi) is 3.12. The molecule has 0 unspecified atom stereocenters. The van der Waals surface area contributed by atoms with Crippen molar-refractivity contribution in [3.63, 3.8) is 0 Å². The highest BCUT2D eigenvalue weighted by atomic mass is 16.1. The van der Waals surface area contributed by atoms with Crippen LogP contribution < -0.4 is 0 Å². The van der Waals surface area contributed by atoms with Gasteiger partial charge in [-0.05, 0) is 36.4 Å². The predicted molar refractivity (Wildman–Crippen MR) is 85.8 cm³/mol. The fourth-order valence-corrected chi connectivity index (χ4v) is 2.51. The zero-order chi connectivity index (χ0) is 15.6. The van der Waals surface area contributed by atoms with Gasteiger partial charge in [0, 0.05) is 29.5 Å². The minimum Gasteiger partial charge on any atom is -0.359 e. The number of nitrogens with zero attached hydrogens (tertiary/aromatic N) is 4. The maximum absolute atomic E-state index is 12.1. The number of nitrogens with one attached hydrogen (secondary N) is 1. The zero-order valence-corrected chi connectivity index (χ0v) is 12.0. The Hall–Kier alpha value is -3.41. The highest BCUT2D eigenvalue weighted by Gasteiger charge is 2.18. The molecule has 0 saturated carbocycles. The molecule has 1 N–H and O–H groups in total. The Morgan fingerprint density at radius 1 is 1.00 bits per heavy atom. The summed E-state index contributed by atoms with van der Waals surface area (Å²) in [6.07, 6.45) is 5.11. The van der Waals surface area contributed by atoms with Gasteiger partial charge >= 0.3 is 5.91 Å². The molecule has 1 amide bonds. The van der Waals surface area contributed by atoms with Crippen LogP contribution in [0.5, 0.6) is 0 Å². The minimum atomic E-state index is -0.475. The first-order valence-corrected chi connectivity index (χ1v) is 7.05. The van der Waals surface area contributed by atoms with E-state index in [9.17, 15) is 4.79 Å². The number of fused-ring (bicyclic) bond motifs is 3. The van der Waals surface area contributed by atoms with Gasteiger partial charge in [-0.1, -0.05) is 6.07 Å². The van der Waals surface area contributed by atoms with Crippen molar-refractivity contribution in [2.24, 2.45) is 10.2 Å². The van der Waals surface area contributed by atoms with Crippen LogP contribution in [0.25, 0.3) is 22.2 Å². The lowest BCUT2D eigenvalue weighted by Crippen LogP contribution is -1.96. The fraction of sp³-hybridized carbons (Fsp3) is 0. The molecule has 0 fully saturated rings. The summed E-state index contributed by atoms with van der Waals surface area (Å²) in [5.41, 5.74) is 3.45. The Balaban J connectivity index is 1.82. The van der Waals surface area contributed by atoms with Crippen LogP contribution in [0.3, 0.4) is 0 Å². The van der Waals surface area contributed by atoms with Crippen LogP contribution >= 0.6 is 0 Å². The highest BCUT2D eigenvalue weighted by Crippen LogP contribution is 2.42. The minimum absolute atomic E-state index is 0.265. The van der Waals surface area contributed by atoms with E-state index in [4.69, 9.17) is 0 Å². The van der Waals surface area contributed by atoms with Gasteiger partial charge in [-0.2, -0.15) is 0 Å². The van der Waals surface area contributed by atoms with Crippen LogP contribution in [0.4, 0.5) is 5.69 Å². The first-order valence-electron chi connectivity index (χ1n) is 7.05. The zero-order valence-electron chi connectivity index (χ0n) is 12.0. The molecular weight excluding hydrogens is 290 g/mol. The average molecular weight is 301 g/mol. The van der Waals surface area contributed by atoms with Gasteiger partial charge in [-0.15, -0.1) is 10.2 Å². The van der Waals surface area contributed by atoms with Crippen molar-refractivity contribution >= 4 is 22.5 Å². The van der Waals surface area contributed by atoms with Gasteiger partial charge in [0.2, 0.25) is 0 Å². The largest absolute Gasteiger partial charge is 0.359 e. The lowest BCUT2D eigenvalue weighted by molar-refractivity contribution is 0.0990. The van der Waals surface area contributed by atoms with E-state index in [1.165, 1.54) is 0 Å². The standard InChI is InChI=1S/C17H11N5O/c23-17(13-7-1-2-8-18-13)22-21-14-11-5-3-9-19-15(11)16-12(14)6-4-10-20-16/h1-10,19H. The molecule has 0 radical (unpaired) electrons. The van der Waals surface area contributed by atoms with Crippen molar-refractivity contribution in [3.8, 4) is 11.3 Å². The number of pyridine rings is 3. The average Bonchev–Trinajstić information content (AvgIpc) is 2.94. The molecule has 0 atom stereocenters. The first kappa shape index (κ1) is 13.3. The molecule has 1 aliphatic heterocycles. The maximum Gasteiger partial charge on any atom is 0.313 e. The van der Waals surface area contributed by atoms with E-state index in [0.29, 0.717) is 5.69 Å². The van der Waals surface area contributed by atoms with Gasteiger partial charge in [0.25, 0.3) is 0 Å². The Morgan fingerprint density at radius 3 is 2.78 bits per heavy atom. The number of aromatic amines is 1. The van der Waals surface area contributed by atoms with Gasteiger partial charge in [0.15, 0.2) is 0 Å². The summed E-state index contributed by atoms with van der Waals surface area (Å²) < 4.78 is 0. The molecule has 6 nitrogen and oxygen atoms in total. The van der Waals surface area contributed by atoms with Gasteiger partial charge in [-0.3, -0.25) is 14.8 Å². The molecule has 0 saturated heterocycles. The number of hydrogen-bond acceptors (Lipinski definition) is 4. The van der Waals surface area contributed by atoms with E-state index in [1.54, 1.807) is 30.6 Å². The van der Waals surface area contributed by atoms with Crippen LogP contribution in [0.1, 0.15) is 10.5 Å². The third-order valence-electron chi connectivity index (χ3n) is 3.54. The second kappa shape index (κ2) is 5.42. The van der Waals surface area contributed by atoms with E-state index in [2.05, 4.69) is 25.2 Å². The Labute approximate surface area is 131 Å². The third-order valence-corrected chi connectivity index (χ3v) is 3.54. The number of hydrogen-bond donors (Lipinski definition) is 1. The molecule has 110 valence electrons. The molecule has 0 bridgehead atoms. The van der Waals surface area contributed by atoms with Gasteiger partial charge < -0.3 is 4.98 Å². The summed E-state index contributed by atoms with van der Waals surface area (Å²) >= 11 is 0. The summed E-state index contributed by atoms with van der Waals surface area (Å²) in [4.78, 5) is 23.6. The van der Waals surface area contributed by atoms with Crippen LogP contribution in [-0.2, 0) is 0 Å². The predicted octanol–water partition coefficient (Wildman–Crippen LogP) is 3.99. The summed E-state index contributed by atoms with van der Waals surface area (Å²) in [6.45, 7) is 0. The van der Waals surface area contributed by atoms with Crippen molar-refractivity contribution in [3.05, 3.63) is 66.7 Å². The molecule has 2 aromatic rings. The van der Waals surface area contributed by atoms with Crippen LogP contribution in [0.2, 0.25) is 0 Å². The monoisotopic (exact) mass is 301 g/mol. The normalized spacial score (nSPS) is 11.5. The van der Waals surface area contributed by atoms with Crippen molar-refractivity contribution < 1.29 is 4.79 Å². The van der Waals surface area contributed by atoms with Crippen LogP contribution in [0, 0.1) is 0 Å². The molecular formula is C17H11N5O. The Bertz CT molecular complexity index is 990. The van der Waals surface area contributed by atoms with E-state index in [0.717, 1.165) is 22.2 Å². The van der Waals surface area contributed by atoms with Gasteiger partial charge in [-0.25, -0.2) is 0 Å². The molecule has 1 aliphatic carbocycles. The number of rotatable bonds is 2.